The molecule has 0 aliphatic rings. The Balaban J connectivity index is 1.90. The first-order valence-corrected chi connectivity index (χ1v) is 5.76. The van der Waals surface area contributed by atoms with Gasteiger partial charge in [0, 0.05) is 6.54 Å². The Labute approximate surface area is 105 Å². The molecule has 1 aromatic carbocycles. The van der Waals surface area contributed by atoms with Crippen LogP contribution in [0.5, 0.6) is 0 Å². The first-order chi connectivity index (χ1) is 8.83. The zero-order chi connectivity index (χ0) is 12.8. The van der Waals surface area contributed by atoms with Gasteiger partial charge in [0.15, 0.2) is 11.0 Å². The van der Waals surface area contributed by atoms with Crippen molar-refractivity contribution in [3.05, 3.63) is 24.8 Å². The molecule has 0 saturated heterocycles. The number of nitrogens with one attached hydrogen (secondary N) is 1. The molecule has 0 spiro atoms. The van der Waals surface area contributed by atoms with Crippen molar-refractivity contribution in [2.75, 3.05) is 30.8 Å². The van der Waals surface area contributed by atoms with Crippen LogP contribution in [0.1, 0.15) is 6.42 Å². The molecule has 18 heavy (non-hydrogen) atoms. The fraction of sp³-hybridized carbons (Fsp3) is 0.333. The van der Waals surface area contributed by atoms with Crippen molar-refractivity contribution >= 4 is 22.4 Å². The highest BCUT2D eigenvalue weighted by Crippen LogP contribution is 2.24. The molecule has 0 atom stereocenters. The van der Waals surface area contributed by atoms with E-state index in [0.29, 0.717) is 36.5 Å². The summed E-state index contributed by atoms with van der Waals surface area (Å²) in [4.78, 5) is 0. The van der Waals surface area contributed by atoms with Crippen LogP contribution in [0.3, 0.4) is 0 Å². The summed E-state index contributed by atoms with van der Waals surface area (Å²) in [6.07, 6.45) is 2.69. The number of ether oxygens (including phenoxy) is 1. The van der Waals surface area contributed by atoms with Crippen molar-refractivity contribution in [3.8, 4) is 0 Å². The molecule has 2 rings (SSSR count). The number of rotatable bonds is 7. The van der Waals surface area contributed by atoms with Crippen molar-refractivity contribution in [2.45, 2.75) is 6.42 Å². The van der Waals surface area contributed by atoms with Gasteiger partial charge in [0.2, 0.25) is 0 Å². The minimum Gasteiger partial charge on any atom is -0.397 e. The summed E-state index contributed by atoms with van der Waals surface area (Å²) in [5, 5.41) is 10.8. The van der Waals surface area contributed by atoms with Crippen LogP contribution in [0.4, 0.5) is 11.4 Å². The van der Waals surface area contributed by atoms with Gasteiger partial charge >= 0.3 is 0 Å². The SMILES string of the molecule is C=CCCOCCNc1ccc(N)c2nonc12. The fourth-order valence-electron chi connectivity index (χ4n) is 1.55. The third-order valence-corrected chi connectivity index (χ3v) is 2.47. The average molecular weight is 248 g/mol. The molecule has 0 amide bonds. The van der Waals surface area contributed by atoms with Crippen LogP contribution in [0.2, 0.25) is 0 Å². The molecule has 0 bridgehead atoms. The van der Waals surface area contributed by atoms with Crippen molar-refractivity contribution < 1.29 is 9.37 Å². The highest BCUT2D eigenvalue weighted by atomic mass is 16.6. The molecule has 6 nitrogen and oxygen atoms in total. The fourth-order valence-corrected chi connectivity index (χ4v) is 1.55. The predicted molar refractivity (Wildman–Crippen MR) is 70.3 cm³/mol. The van der Waals surface area contributed by atoms with Crippen LogP contribution in [0, 0.1) is 0 Å². The number of fused-ring (bicyclic) bond motifs is 1. The second-order valence-electron chi connectivity index (χ2n) is 3.78. The second kappa shape index (κ2) is 6.02. The van der Waals surface area contributed by atoms with Gasteiger partial charge in [-0.1, -0.05) is 6.08 Å². The van der Waals surface area contributed by atoms with E-state index in [1.807, 2.05) is 12.1 Å². The zero-order valence-corrected chi connectivity index (χ0v) is 10.1. The minimum atomic E-state index is 0.555. The Morgan fingerprint density at radius 3 is 3.00 bits per heavy atom. The first kappa shape index (κ1) is 12.4. The van der Waals surface area contributed by atoms with Crippen molar-refractivity contribution in [1.29, 1.82) is 0 Å². The van der Waals surface area contributed by atoms with Crippen LogP contribution in [0.25, 0.3) is 11.0 Å². The molecule has 1 heterocycles. The third-order valence-electron chi connectivity index (χ3n) is 2.47. The van der Waals surface area contributed by atoms with Crippen LogP contribution >= 0.6 is 0 Å². The van der Waals surface area contributed by atoms with Gasteiger partial charge in [0.05, 0.1) is 24.6 Å². The average Bonchev–Trinajstić information content (AvgIpc) is 2.86. The summed E-state index contributed by atoms with van der Waals surface area (Å²) < 4.78 is 10.1. The zero-order valence-electron chi connectivity index (χ0n) is 10.1. The number of hydrogen-bond acceptors (Lipinski definition) is 6. The highest BCUT2D eigenvalue weighted by Gasteiger charge is 2.09. The summed E-state index contributed by atoms with van der Waals surface area (Å²) in [7, 11) is 0. The normalized spacial score (nSPS) is 10.7. The van der Waals surface area contributed by atoms with E-state index in [9.17, 15) is 0 Å². The Morgan fingerprint density at radius 1 is 1.33 bits per heavy atom. The van der Waals surface area contributed by atoms with Gasteiger partial charge in [-0.05, 0) is 28.9 Å². The molecule has 0 aliphatic carbocycles. The molecule has 0 aliphatic heterocycles. The molecule has 1 aromatic heterocycles. The van der Waals surface area contributed by atoms with Gasteiger partial charge in [0.25, 0.3) is 0 Å². The molecule has 3 N–H and O–H groups in total. The number of nitrogens with zero attached hydrogens (tertiary/aromatic N) is 2. The number of benzene rings is 1. The summed E-state index contributed by atoms with van der Waals surface area (Å²) in [6.45, 7) is 5.62. The Bertz CT molecular complexity index is 524. The molecular weight excluding hydrogens is 232 g/mol. The maximum absolute atomic E-state index is 5.75. The molecule has 2 aromatic rings. The smallest absolute Gasteiger partial charge is 0.160 e. The number of aromatic nitrogens is 2. The van der Waals surface area contributed by atoms with Gasteiger partial charge in [-0.2, -0.15) is 0 Å². The van der Waals surface area contributed by atoms with Gasteiger partial charge in [-0.15, -0.1) is 6.58 Å². The number of hydrogen-bond donors (Lipinski definition) is 2. The summed E-state index contributed by atoms with van der Waals surface area (Å²) >= 11 is 0. The summed E-state index contributed by atoms with van der Waals surface area (Å²) in [6, 6.07) is 3.62. The molecule has 6 heteroatoms. The molecule has 0 radical (unpaired) electrons. The van der Waals surface area contributed by atoms with E-state index in [0.717, 1.165) is 12.1 Å². The lowest BCUT2D eigenvalue weighted by Gasteiger charge is -2.07. The summed E-state index contributed by atoms with van der Waals surface area (Å²) in [5.74, 6) is 0. The van der Waals surface area contributed by atoms with Gasteiger partial charge in [0.1, 0.15) is 0 Å². The van der Waals surface area contributed by atoms with E-state index in [1.165, 1.54) is 0 Å². The number of nitrogens with two attached hydrogens (primary N) is 1. The molecule has 0 saturated carbocycles. The predicted octanol–water partition coefficient (Wildman–Crippen LogP) is 1.81. The van der Waals surface area contributed by atoms with Crippen LogP contribution in [0.15, 0.2) is 29.4 Å². The molecular formula is C12H16N4O2. The quantitative estimate of drug-likeness (QED) is 0.441. The highest BCUT2D eigenvalue weighted by molar-refractivity contribution is 5.94. The van der Waals surface area contributed by atoms with Gasteiger partial charge in [-0.3, -0.25) is 0 Å². The van der Waals surface area contributed by atoms with E-state index < -0.39 is 0 Å². The van der Waals surface area contributed by atoms with Crippen LogP contribution in [-0.4, -0.2) is 30.1 Å². The van der Waals surface area contributed by atoms with E-state index in [4.69, 9.17) is 10.5 Å². The number of anilines is 2. The Morgan fingerprint density at radius 2 is 2.17 bits per heavy atom. The molecule has 96 valence electrons. The van der Waals surface area contributed by atoms with Crippen LogP contribution in [-0.2, 0) is 4.74 Å². The van der Waals surface area contributed by atoms with Crippen molar-refractivity contribution in [2.24, 2.45) is 0 Å². The topological polar surface area (TPSA) is 86.2 Å². The lowest BCUT2D eigenvalue weighted by molar-refractivity contribution is 0.149. The monoisotopic (exact) mass is 248 g/mol. The minimum absolute atomic E-state index is 0.555. The van der Waals surface area contributed by atoms with E-state index in [2.05, 4.69) is 26.8 Å². The van der Waals surface area contributed by atoms with E-state index in [1.54, 1.807) is 6.07 Å². The third kappa shape index (κ3) is 2.78. The van der Waals surface area contributed by atoms with E-state index >= 15 is 0 Å². The Kier molecular flexibility index (Phi) is 4.14. The summed E-state index contributed by atoms with van der Waals surface area (Å²) in [5.41, 5.74) is 8.37. The van der Waals surface area contributed by atoms with Crippen molar-refractivity contribution in [3.63, 3.8) is 0 Å². The first-order valence-electron chi connectivity index (χ1n) is 5.76. The largest absolute Gasteiger partial charge is 0.397 e. The second-order valence-corrected chi connectivity index (χ2v) is 3.78. The molecule has 0 unspecified atom stereocenters. The lowest BCUT2D eigenvalue weighted by Crippen LogP contribution is -2.10. The van der Waals surface area contributed by atoms with Crippen molar-refractivity contribution in [1.82, 2.24) is 10.3 Å². The number of nitrogen functional groups attached to an aromatic ring is 1. The lowest BCUT2D eigenvalue weighted by atomic mass is 10.2. The molecule has 0 fully saturated rings. The van der Waals surface area contributed by atoms with Gasteiger partial charge in [-0.25, -0.2) is 4.63 Å². The van der Waals surface area contributed by atoms with Gasteiger partial charge < -0.3 is 15.8 Å². The Hall–Kier alpha value is -2.08. The maximum Gasteiger partial charge on any atom is 0.160 e. The maximum atomic E-state index is 5.75. The standard InChI is InChI=1S/C12H16N4O2/c1-2-3-7-17-8-6-14-10-5-4-9(13)11-12(10)16-18-15-11/h2,4-5,14H,1,3,6-8,13H2. The van der Waals surface area contributed by atoms with E-state index in [-0.39, 0.29) is 0 Å². The van der Waals surface area contributed by atoms with Crippen LogP contribution < -0.4 is 11.1 Å².